The molecule has 4 saturated carbocycles. The molecule has 4 aliphatic carbocycles. The number of nitrogens with zero attached hydrogens (tertiary/aromatic N) is 2. The summed E-state index contributed by atoms with van der Waals surface area (Å²) in [5.74, 6) is 0.726. The Kier molecular flexibility index (Phi) is 5.20. The molecule has 0 aromatic heterocycles. The van der Waals surface area contributed by atoms with E-state index in [-0.39, 0.29) is 11.3 Å². The van der Waals surface area contributed by atoms with Crippen LogP contribution in [0.25, 0.3) is 0 Å². The van der Waals surface area contributed by atoms with Gasteiger partial charge >= 0.3 is 0 Å². The molecule has 6 heteroatoms. The molecule has 1 N–H and O–H groups in total. The highest BCUT2D eigenvalue weighted by Crippen LogP contribution is 2.63. The Labute approximate surface area is 155 Å². The molecular formula is C19H33B2N3O. The highest BCUT2D eigenvalue weighted by Gasteiger charge is 2.70. The number of hydrogen-bond donors (Lipinski definition) is 1. The first-order valence-corrected chi connectivity index (χ1v) is 10.6. The van der Waals surface area contributed by atoms with Gasteiger partial charge in [0.05, 0.1) is 0 Å². The number of rotatable bonds is 5. The van der Waals surface area contributed by atoms with Crippen LogP contribution in [0.3, 0.4) is 0 Å². The molecule has 1 aliphatic heterocycles. The molecule has 2 bridgehead atoms. The average Bonchev–Trinajstić information content (AvgIpc) is 2.52. The van der Waals surface area contributed by atoms with E-state index < -0.39 is 0 Å². The summed E-state index contributed by atoms with van der Waals surface area (Å²) in [5.41, 5.74) is 0.566. The fraction of sp³-hybridized carbons (Fsp3) is 0.947. The van der Waals surface area contributed by atoms with Crippen LogP contribution in [0.4, 0.5) is 4.79 Å². The summed E-state index contributed by atoms with van der Waals surface area (Å²) >= 11 is 0. The zero-order valence-corrected chi connectivity index (χ0v) is 15.9. The highest BCUT2D eigenvalue weighted by atomic mass is 16.1. The van der Waals surface area contributed by atoms with E-state index in [2.05, 4.69) is 29.3 Å². The third-order valence-corrected chi connectivity index (χ3v) is 7.28. The molecule has 0 atom stereocenters. The van der Waals surface area contributed by atoms with Gasteiger partial charge in [-0.2, -0.15) is 0 Å². The maximum Gasteiger partial charge on any atom is 0.236 e. The molecule has 25 heavy (non-hydrogen) atoms. The molecular weight excluding hydrogens is 308 g/mol. The number of carbonyl (C=O) groups is 1. The lowest BCUT2D eigenvalue weighted by Gasteiger charge is -2.74. The maximum absolute atomic E-state index is 12.5. The van der Waals surface area contributed by atoms with Gasteiger partial charge in [0.15, 0.2) is 5.81 Å². The minimum absolute atomic E-state index is 0.142. The predicted octanol–water partition coefficient (Wildman–Crippen LogP) is 2.89. The highest BCUT2D eigenvalue weighted by molar-refractivity contribution is 6.74. The molecule has 5 aliphatic rings. The van der Waals surface area contributed by atoms with Gasteiger partial charge in [0.2, 0.25) is 14.7 Å². The van der Waals surface area contributed by atoms with Crippen molar-refractivity contribution < 1.29 is 4.79 Å². The van der Waals surface area contributed by atoms with Crippen molar-refractivity contribution in [2.45, 2.75) is 87.9 Å². The van der Waals surface area contributed by atoms with Crippen LogP contribution in [-0.2, 0) is 0 Å². The molecule has 5 rings (SSSR count). The molecule has 1 amide bonds. The second-order valence-electron chi connectivity index (χ2n) is 9.08. The Morgan fingerprint density at radius 3 is 2.16 bits per heavy atom. The van der Waals surface area contributed by atoms with Gasteiger partial charge in [-0.3, -0.25) is 9.69 Å². The molecule has 5 fully saturated rings. The maximum atomic E-state index is 12.5. The van der Waals surface area contributed by atoms with Crippen molar-refractivity contribution >= 4 is 20.5 Å². The van der Waals surface area contributed by atoms with Gasteiger partial charge in [-0.25, -0.2) is 0 Å². The third-order valence-electron chi connectivity index (χ3n) is 7.28. The first-order chi connectivity index (χ1) is 12.1. The SMILES string of the molecule is C[B]N1CCN(C23CC(NC(=O)[B]C4CCCCCCC4)(C2)C3)CC1. The van der Waals surface area contributed by atoms with E-state index in [0.717, 1.165) is 13.1 Å². The number of amides is 1. The van der Waals surface area contributed by atoms with E-state index in [4.69, 9.17) is 0 Å². The van der Waals surface area contributed by atoms with Crippen molar-refractivity contribution in [3.05, 3.63) is 0 Å². The van der Waals surface area contributed by atoms with Gasteiger partial charge in [0.1, 0.15) is 0 Å². The van der Waals surface area contributed by atoms with Crippen LogP contribution in [0, 0.1) is 0 Å². The zero-order chi connectivity index (χ0) is 17.3. The first kappa shape index (κ1) is 17.9. The molecule has 4 nitrogen and oxygen atoms in total. The summed E-state index contributed by atoms with van der Waals surface area (Å²) in [6, 6.07) is 0. The normalized spacial score (nSPS) is 37.2. The average molecular weight is 341 g/mol. The van der Waals surface area contributed by atoms with Crippen molar-refractivity contribution in [2.75, 3.05) is 26.2 Å². The lowest BCUT2D eigenvalue weighted by atomic mass is 9.42. The zero-order valence-electron chi connectivity index (χ0n) is 15.9. The summed E-state index contributed by atoms with van der Waals surface area (Å²) in [6.45, 7) is 6.82. The number of hydrogen-bond acceptors (Lipinski definition) is 3. The number of nitrogens with one attached hydrogen (secondary N) is 1. The predicted molar refractivity (Wildman–Crippen MR) is 104 cm³/mol. The van der Waals surface area contributed by atoms with Gasteiger partial charge in [0, 0.05) is 24.2 Å². The van der Waals surface area contributed by atoms with Crippen molar-refractivity contribution in [3.63, 3.8) is 0 Å². The lowest BCUT2D eigenvalue weighted by molar-refractivity contribution is -0.178. The smallest absolute Gasteiger partial charge is 0.236 e. The molecule has 1 heterocycles. The van der Waals surface area contributed by atoms with Crippen LogP contribution in [-0.4, -0.2) is 67.5 Å². The topological polar surface area (TPSA) is 35.6 Å². The van der Waals surface area contributed by atoms with Crippen molar-refractivity contribution in [3.8, 4) is 0 Å². The first-order valence-electron chi connectivity index (χ1n) is 10.6. The molecule has 0 aromatic carbocycles. The van der Waals surface area contributed by atoms with Gasteiger partial charge in [-0.15, -0.1) is 0 Å². The van der Waals surface area contributed by atoms with Gasteiger partial charge in [0.25, 0.3) is 0 Å². The van der Waals surface area contributed by atoms with Crippen molar-refractivity contribution in [1.29, 1.82) is 0 Å². The summed E-state index contributed by atoms with van der Waals surface area (Å²) < 4.78 is 0. The molecule has 2 radical (unpaired) electrons. The fourth-order valence-corrected chi connectivity index (χ4v) is 5.83. The monoisotopic (exact) mass is 341 g/mol. The van der Waals surface area contributed by atoms with E-state index in [1.807, 2.05) is 7.28 Å². The van der Waals surface area contributed by atoms with Crippen LogP contribution in [0.5, 0.6) is 0 Å². The van der Waals surface area contributed by atoms with E-state index >= 15 is 0 Å². The fourth-order valence-electron chi connectivity index (χ4n) is 5.83. The molecule has 136 valence electrons. The minimum atomic E-state index is 0.142. The van der Waals surface area contributed by atoms with Crippen LogP contribution in [0.15, 0.2) is 0 Å². The summed E-state index contributed by atoms with van der Waals surface area (Å²) in [5, 5.41) is 3.39. The van der Waals surface area contributed by atoms with Crippen molar-refractivity contribution in [1.82, 2.24) is 15.0 Å². The summed E-state index contributed by atoms with van der Waals surface area (Å²) in [6.07, 6.45) is 12.6. The second-order valence-corrected chi connectivity index (χ2v) is 9.08. The molecule has 0 aromatic rings. The van der Waals surface area contributed by atoms with Gasteiger partial charge in [-0.05, 0) is 32.4 Å². The number of piperazine rings is 1. The molecule has 0 unspecified atom stereocenters. The number of carbonyl (C=O) groups excluding carboxylic acids is 1. The molecule has 1 saturated heterocycles. The van der Waals surface area contributed by atoms with Crippen LogP contribution in [0.2, 0.25) is 12.6 Å². The Balaban J connectivity index is 1.20. The molecule has 0 spiro atoms. The van der Waals surface area contributed by atoms with Gasteiger partial charge < -0.3 is 10.1 Å². The Hall–Kier alpha value is -0.480. The summed E-state index contributed by atoms with van der Waals surface area (Å²) in [4.78, 5) is 17.6. The Morgan fingerprint density at radius 2 is 1.56 bits per heavy atom. The van der Waals surface area contributed by atoms with E-state index in [9.17, 15) is 4.79 Å². The van der Waals surface area contributed by atoms with Crippen molar-refractivity contribution in [2.24, 2.45) is 0 Å². The standard InChI is InChI=1S/C19H33B2N3O/c1-20-24-11-9-23(10-12-24)19-13-18(14-19,15-19)22-17(25)21-16-7-5-3-2-4-6-8-16/h16H,2-15H2,1H3,(H,22,25). The Morgan fingerprint density at radius 1 is 0.960 bits per heavy atom. The summed E-state index contributed by atoms with van der Waals surface area (Å²) in [7, 11) is 4.24. The second kappa shape index (κ2) is 7.26. The Bertz CT molecular complexity index is 465. The van der Waals surface area contributed by atoms with E-state index in [1.54, 1.807) is 0 Å². The van der Waals surface area contributed by atoms with E-state index in [1.165, 1.54) is 77.3 Å². The quantitative estimate of drug-likeness (QED) is 0.781. The van der Waals surface area contributed by atoms with Gasteiger partial charge in [-0.1, -0.05) is 57.6 Å². The van der Waals surface area contributed by atoms with Crippen LogP contribution in [0.1, 0.15) is 64.2 Å². The van der Waals surface area contributed by atoms with E-state index in [0.29, 0.717) is 11.4 Å². The largest absolute Gasteiger partial charge is 0.360 e. The third kappa shape index (κ3) is 3.66. The lowest BCUT2D eigenvalue weighted by Crippen LogP contribution is -2.84. The van der Waals surface area contributed by atoms with Crippen LogP contribution >= 0.6 is 0 Å². The minimum Gasteiger partial charge on any atom is -0.360 e. The van der Waals surface area contributed by atoms with Crippen LogP contribution < -0.4 is 5.32 Å².